The van der Waals surface area contributed by atoms with Gasteiger partial charge in [0.1, 0.15) is 11.5 Å². The van der Waals surface area contributed by atoms with Crippen LogP contribution >= 0.6 is 0 Å². The SMILES string of the molecule is CC(C)Oc1ccc(NS(=O)(=O)CC(=O)NC(Cc2ccccc2)c2ccccc2)cc1. The molecule has 0 aliphatic rings. The molecule has 0 saturated heterocycles. The first kappa shape index (κ1) is 23.3. The topological polar surface area (TPSA) is 84.5 Å². The number of benzene rings is 3. The number of rotatable bonds is 10. The predicted octanol–water partition coefficient (Wildman–Crippen LogP) is 4.32. The van der Waals surface area contributed by atoms with Crippen LogP contribution in [0.5, 0.6) is 5.75 Å². The third-order valence-corrected chi connectivity index (χ3v) is 5.83. The zero-order valence-electron chi connectivity index (χ0n) is 18.2. The van der Waals surface area contributed by atoms with E-state index in [0.717, 1.165) is 11.1 Å². The van der Waals surface area contributed by atoms with Crippen molar-refractivity contribution in [3.63, 3.8) is 0 Å². The zero-order valence-corrected chi connectivity index (χ0v) is 19.0. The smallest absolute Gasteiger partial charge is 0.241 e. The second-order valence-corrected chi connectivity index (χ2v) is 9.49. The van der Waals surface area contributed by atoms with E-state index in [0.29, 0.717) is 17.9 Å². The summed E-state index contributed by atoms with van der Waals surface area (Å²) in [5.74, 6) is -0.593. The first-order valence-electron chi connectivity index (χ1n) is 10.5. The van der Waals surface area contributed by atoms with Gasteiger partial charge in [-0.2, -0.15) is 0 Å². The molecule has 0 fully saturated rings. The van der Waals surface area contributed by atoms with Gasteiger partial charge in [0.25, 0.3) is 0 Å². The molecule has 3 aromatic rings. The van der Waals surface area contributed by atoms with Gasteiger partial charge in [0.15, 0.2) is 0 Å². The van der Waals surface area contributed by atoms with E-state index in [2.05, 4.69) is 10.0 Å². The molecule has 1 unspecified atom stereocenters. The molecule has 0 bridgehead atoms. The Labute approximate surface area is 189 Å². The highest BCUT2D eigenvalue weighted by atomic mass is 32.2. The quantitative estimate of drug-likeness (QED) is 0.480. The van der Waals surface area contributed by atoms with E-state index < -0.39 is 21.7 Å². The fourth-order valence-electron chi connectivity index (χ4n) is 3.29. The summed E-state index contributed by atoms with van der Waals surface area (Å²) in [5, 5.41) is 2.88. The molecular formula is C25H28N2O4S. The summed E-state index contributed by atoms with van der Waals surface area (Å²) in [6.07, 6.45) is 0.580. The molecule has 0 spiro atoms. The van der Waals surface area contributed by atoms with Crippen LogP contribution in [0.25, 0.3) is 0 Å². The molecule has 1 atom stereocenters. The second kappa shape index (κ2) is 10.8. The maximum absolute atomic E-state index is 12.6. The first-order valence-corrected chi connectivity index (χ1v) is 12.1. The summed E-state index contributed by atoms with van der Waals surface area (Å²) in [6.45, 7) is 3.82. The Morgan fingerprint density at radius 1 is 0.875 bits per heavy atom. The van der Waals surface area contributed by atoms with E-state index >= 15 is 0 Å². The molecule has 3 aromatic carbocycles. The maximum atomic E-state index is 12.6. The molecule has 0 heterocycles. The van der Waals surface area contributed by atoms with Gasteiger partial charge in [0.05, 0.1) is 12.1 Å². The van der Waals surface area contributed by atoms with Gasteiger partial charge >= 0.3 is 0 Å². The van der Waals surface area contributed by atoms with Gasteiger partial charge < -0.3 is 10.1 Å². The summed E-state index contributed by atoms with van der Waals surface area (Å²) < 4.78 is 33.1. The van der Waals surface area contributed by atoms with E-state index in [1.54, 1.807) is 24.3 Å². The van der Waals surface area contributed by atoms with E-state index in [9.17, 15) is 13.2 Å². The number of carbonyl (C=O) groups is 1. The Hall–Kier alpha value is -3.32. The lowest BCUT2D eigenvalue weighted by atomic mass is 9.99. The molecule has 1 amide bonds. The number of nitrogens with one attached hydrogen (secondary N) is 2. The van der Waals surface area contributed by atoms with Gasteiger partial charge in [0, 0.05) is 5.69 Å². The Morgan fingerprint density at radius 3 is 2.06 bits per heavy atom. The van der Waals surface area contributed by atoms with Crippen molar-refractivity contribution < 1.29 is 17.9 Å². The number of ether oxygens (including phenoxy) is 1. The number of carbonyl (C=O) groups excluding carboxylic acids is 1. The van der Waals surface area contributed by atoms with Gasteiger partial charge in [-0.15, -0.1) is 0 Å². The summed E-state index contributed by atoms with van der Waals surface area (Å²) >= 11 is 0. The standard InChI is InChI=1S/C25H28N2O4S/c1-19(2)31-23-15-13-22(14-16-23)27-32(29,30)18-25(28)26-24(21-11-7-4-8-12-21)17-20-9-5-3-6-10-20/h3-16,19,24,27H,17-18H2,1-2H3,(H,26,28). The summed E-state index contributed by atoms with van der Waals surface area (Å²) in [5.41, 5.74) is 2.33. The average molecular weight is 453 g/mol. The molecule has 6 nitrogen and oxygen atoms in total. The minimum atomic E-state index is -3.87. The molecule has 0 radical (unpaired) electrons. The number of anilines is 1. The van der Waals surface area contributed by atoms with Crippen LogP contribution in [0.3, 0.4) is 0 Å². The van der Waals surface area contributed by atoms with Crippen molar-refractivity contribution in [1.29, 1.82) is 0 Å². The molecule has 0 aliphatic heterocycles. The van der Waals surface area contributed by atoms with Crippen molar-refractivity contribution in [2.45, 2.75) is 32.4 Å². The molecule has 3 rings (SSSR count). The fraction of sp³-hybridized carbons (Fsp3) is 0.240. The van der Waals surface area contributed by atoms with E-state index in [1.807, 2.05) is 74.5 Å². The lowest BCUT2D eigenvalue weighted by Gasteiger charge is -2.20. The highest BCUT2D eigenvalue weighted by Gasteiger charge is 2.21. The molecule has 168 valence electrons. The minimum absolute atomic E-state index is 0.0229. The van der Waals surface area contributed by atoms with Gasteiger partial charge in [-0.25, -0.2) is 8.42 Å². The third-order valence-electron chi connectivity index (χ3n) is 4.64. The first-order chi connectivity index (χ1) is 15.3. The van der Waals surface area contributed by atoms with E-state index in [1.165, 1.54) is 0 Å². The van der Waals surface area contributed by atoms with Gasteiger partial charge in [-0.05, 0) is 55.7 Å². The number of hydrogen-bond acceptors (Lipinski definition) is 4. The molecule has 0 aliphatic carbocycles. The Kier molecular flexibility index (Phi) is 7.89. The van der Waals surface area contributed by atoms with Crippen LogP contribution in [-0.2, 0) is 21.2 Å². The fourth-order valence-corrected chi connectivity index (χ4v) is 4.28. The van der Waals surface area contributed by atoms with Crippen LogP contribution in [0.4, 0.5) is 5.69 Å². The maximum Gasteiger partial charge on any atom is 0.241 e. The van der Waals surface area contributed by atoms with Crippen molar-refractivity contribution in [3.05, 3.63) is 96.1 Å². The Morgan fingerprint density at radius 2 is 1.47 bits per heavy atom. The van der Waals surface area contributed by atoms with Crippen LogP contribution in [0, 0.1) is 0 Å². The van der Waals surface area contributed by atoms with Crippen molar-refractivity contribution in [2.24, 2.45) is 0 Å². The average Bonchev–Trinajstić information content (AvgIpc) is 2.75. The van der Waals surface area contributed by atoms with Crippen LogP contribution in [0.2, 0.25) is 0 Å². The highest BCUT2D eigenvalue weighted by molar-refractivity contribution is 7.93. The van der Waals surface area contributed by atoms with Crippen molar-refractivity contribution in [1.82, 2.24) is 5.32 Å². The van der Waals surface area contributed by atoms with Crippen LogP contribution < -0.4 is 14.8 Å². The number of hydrogen-bond donors (Lipinski definition) is 2. The number of sulfonamides is 1. The van der Waals surface area contributed by atoms with Crippen molar-refractivity contribution in [2.75, 3.05) is 10.5 Å². The molecule has 0 saturated carbocycles. The van der Waals surface area contributed by atoms with Crippen molar-refractivity contribution in [3.8, 4) is 5.75 Å². The van der Waals surface area contributed by atoms with Gasteiger partial charge in [-0.1, -0.05) is 60.7 Å². The minimum Gasteiger partial charge on any atom is -0.491 e. The van der Waals surface area contributed by atoms with E-state index in [-0.39, 0.29) is 12.1 Å². The lowest BCUT2D eigenvalue weighted by Crippen LogP contribution is -2.36. The summed E-state index contributed by atoms with van der Waals surface area (Å²) in [7, 11) is -3.87. The van der Waals surface area contributed by atoms with Crippen LogP contribution in [-0.4, -0.2) is 26.2 Å². The predicted molar refractivity (Wildman–Crippen MR) is 127 cm³/mol. The van der Waals surface area contributed by atoms with E-state index in [4.69, 9.17) is 4.74 Å². The van der Waals surface area contributed by atoms with Crippen LogP contribution in [0.1, 0.15) is 31.0 Å². The highest BCUT2D eigenvalue weighted by Crippen LogP contribution is 2.20. The van der Waals surface area contributed by atoms with Crippen molar-refractivity contribution >= 4 is 21.6 Å². The van der Waals surface area contributed by atoms with Crippen LogP contribution in [0.15, 0.2) is 84.9 Å². The molecule has 2 N–H and O–H groups in total. The Balaban J connectivity index is 1.65. The molecule has 0 aromatic heterocycles. The summed E-state index contributed by atoms with van der Waals surface area (Å²) in [4.78, 5) is 12.6. The molecular weight excluding hydrogens is 424 g/mol. The Bertz CT molecular complexity index is 1100. The monoisotopic (exact) mass is 452 g/mol. The second-order valence-electron chi connectivity index (χ2n) is 7.77. The summed E-state index contributed by atoms with van der Waals surface area (Å²) in [6, 6.07) is 25.5. The number of amides is 1. The molecule has 7 heteroatoms. The third kappa shape index (κ3) is 7.42. The largest absolute Gasteiger partial charge is 0.491 e. The lowest BCUT2D eigenvalue weighted by molar-refractivity contribution is -0.119. The molecule has 32 heavy (non-hydrogen) atoms. The van der Waals surface area contributed by atoms with Gasteiger partial charge in [0.2, 0.25) is 15.9 Å². The normalized spacial score (nSPS) is 12.2. The zero-order chi connectivity index (χ0) is 23.0. The van der Waals surface area contributed by atoms with Gasteiger partial charge in [-0.3, -0.25) is 9.52 Å².